The van der Waals surface area contributed by atoms with Gasteiger partial charge in [-0.15, -0.1) is 0 Å². The van der Waals surface area contributed by atoms with Gasteiger partial charge in [0.05, 0.1) is 26.4 Å². The van der Waals surface area contributed by atoms with Crippen molar-refractivity contribution >= 4 is 166 Å². The minimum absolute atomic E-state index is 0. The van der Waals surface area contributed by atoms with Gasteiger partial charge in [0.1, 0.15) is 74.3 Å². The Balaban J connectivity index is -0.000000147. The first kappa shape index (κ1) is 173. The first-order chi connectivity index (χ1) is 48.3. The van der Waals surface area contributed by atoms with Crippen molar-refractivity contribution in [2.75, 3.05) is 39.6 Å². The molecule has 0 bridgehead atoms. The molecule has 0 aromatic heterocycles. The molecule has 736 valence electrons. The molecule has 0 unspecified atom stereocenters. The van der Waals surface area contributed by atoms with Gasteiger partial charge in [0.25, 0.3) is 0 Å². The molecule has 0 spiro atoms. The van der Waals surface area contributed by atoms with Gasteiger partial charge in [-0.1, -0.05) is 0 Å². The quantitative estimate of drug-likeness (QED) is 0.0311. The van der Waals surface area contributed by atoms with Crippen LogP contribution in [-0.2, 0) is 441 Å². The monoisotopic (exact) mass is 3110 g/mol. The SMILES string of the molecule is O=S(=O)([O-])OC[C@H]1O[C@@](COS(=O)(=O)[O-])(O[C@H]2O[C@H](COS(=O)(=O)[O-])[C@@H](OS(=O)(=O)[O-])[C@H](OS(=O)(=O)[O-])[C@H]2OS(=O)(=O)[O-])[C@@H](OS(=O)(=O)[O-])[C@@H]1OS(=O)(=O)[O-].O=S(=O)([O-])OC[C@H]1O[C@@](COS(=O)(=O)[O-])(O[C@H]2O[C@H](COS(=O)(=O)[O-])[C@@H](OS(=O)(=O)[O-])[C@H](OS(=O)(=O)[O-])[C@H]2OS(=O)(=O)[O-])[C@@H](OS(=O)(=O)[O-])[C@@H]1OS(=O)(=O)[O-].[Ag+].[Ag+].[Ag+].[Ag+].[Ag+].[Ag+].[Ag+].[Ag+].[K+].[K+].[K+].[K+].[K+].[K+].[K+].[K+]. The molecule has 0 aromatic carbocycles. The minimum atomic E-state index is -6.58. The Morgan fingerprint density at radius 3 is 0.532 bits per heavy atom. The van der Waals surface area contributed by atoms with Crippen molar-refractivity contribution in [2.45, 2.75) is 110 Å². The third-order valence-corrected chi connectivity index (χ3v) is 18.4. The second-order valence-corrected chi connectivity index (χ2v) is 35.4. The maximum Gasteiger partial charge on any atom is 1.00 e. The fourth-order valence-electron chi connectivity index (χ4n) is 8.42. The van der Waals surface area contributed by atoms with Crippen LogP contribution in [0.4, 0.5) is 0 Å². The zero-order valence-electron chi connectivity index (χ0n) is 60.0. The van der Waals surface area contributed by atoms with Gasteiger partial charge in [-0.3, -0.25) is 66.9 Å². The van der Waals surface area contributed by atoms with Gasteiger partial charge in [0.2, 0.25) is 178 Å². The van der Waals surface area contributed by atoms with Crippen LogP contribution >= 0.6 is 0 Å². The van der Waals surface area contributed by atoms with E-state index >= 15 is 0 Å². The summed E-state index contributed by atoms with van der Waals surface area (Å²) < 4.78 is 639. The Morgan fingerprint density at radius 2 is 0.357 bits per heavy atom. The zero-order chi connectivity index (χ0) is 86.0. The average molecular weight is 3130 g/mol. The van der Waals surface area contributed by atoms with E-state index in [9.17, 15) is 208 Å². The van der Waals surface area contributed by atoms with Crippen LogP contribution in [-0.4, -0.2) is 357 Å². The van der Waals surface area contributed by atoms with Gasteiger partial charge in [-0.05, 0) is 0 Å². The van der Waals surface area contributed by atoms with E-state index in [0.717, 1.165) is 0 Å². The first-order valence-electron chi connectivity index (χ1n) is 24.4. The molecule has 0 radical (unpaired) electrons. The number of rotatable bonds is 42. The molecular weight excluding hydrogens is 3100 g/mol. The van der Waals surface area contributed by atoms with Crippen LogP contribution in [0, 0.1) is 0 Å². The van der Waals surface area contributed by atoms with Crippen molar-refractivity contribution in [3.8, 4) is 0 Å². The van der Waals surface area contributed by atoms with Crippen LogP contribution in [0.1, 0.15) is 0 Å². The molecular formula is C24H28Ag8K8O70S16. The summed E-state index contributed by atoms with van der Waals surface area (Å²) in [6.07, 6.45) is -55.1. The normalized spacial score (nSPS) is 26.8. The minimum Gasteiger partial charge on any atom is -0.726 e. The van der Waals surface area contributed by atoms with E-state index in [1.165, 1.54) is 0 Å². The predicted molar refractivity (Wildman–Crippen MR) is 274 cm³/mol. The molecule has 4 rings (SSSR count). The second kappa shape index (κ2) is 69.6. The van der Waals surface area contributed by atoms with Crippen LogP contribution in [0.5, 0.6) is 0 Å². The van der Waals surface area contributed by atoms with E-state index in [1.54, 1.807) is 0 Å². The molecule has 102 heteroatoms. The summed E-state index contributed by atoms with van der Waals surface area (Å²) in [5.41, 5.74) is 0. The van der Waals surface area contributed by atoms with Crippen molar-refractivity contribution in [1.82, 2.24) is 0 Å². The van der Waals surface area contributed by atoms with Crippen molar-refractivity contribution in [3.63, 3.8) is 0 Å². The van der Waals surface area contributed by atoms with Crippen LogP contribution in [0.15, 0.2) is 0 Å². The van der Waals surface area contributed by atoms with Crippen molar-refractivity contribution in [3.05, 3.63) is 0 Å². The molecule has 126 heavy (non-hydrogen) atoms. The summed E-state index contributed by atoms with van der Waals surface area (Å²) in [7, 11) is -102. The summed E-state index contributed by atoms with van der Waals surface area (Å²) in [5.74, 6) is -8.61. The third-order valence-electron chi connectivity index (χ3n) is 11.3. The number of hydrogen-bond donors (Lipinski definition) is 0. The molecule has 0 N–H and O–H groups in total. The van der Waals surface area contributed by atoms with E-state index in [2.05, 4.69) is 66.9 Å². The molecule has 4 aliphatic heterocycles. The summed E-state index contributed by atoms with van der Waals surface area (Å²) in [4.78, 5) is 0. The zero-order valence-corrected chi connectivity index (χ0v) is 110. The van der Waals surface area contributed by atoms with Crippen molar-refractivity contribution < 1.29 is 893 Å². The van der Waals surface area contributed by atoms with Gasteiger partial charge in [-0.25, -0.2) is 135 Å². The van der Waals surface area contributed by atoms with Crippen LogP contribution < -0.4 is 411 Å². The first-order valence-corrected chi connectivity index (χ1v) is 45.7. The molecule has 0 aromatic rings. The van der Waals surface area contributed by atoms with Gasteiger partial charge >= 0.3 is 590 Å². The molecule has 4 saturated heterocycles. The number of ether oxygens (including phenoxy) is 6. The summed E-state index contributed by atoms with van der Waals surface area (Å²) in [6, 6.07) is 0. The van der Waals surface area contributed by atoms with Crippen molar-refractivity contribution in [1.29, 1.82) is 0 Å². The number of hydrogen-bond acceptors (Lipinski definition) is 70. The molecule has 0 aliphatic carbocycles. The van der Waals surface area contributed by atoms with Gasteiger partial charge in [0.15, 0.2) is 37.0 Å². The Hall–Kier alpha value is 16.7. The van der Waals surface area contributed by atoms with Gasteiger partial charge in [0, 0.05) is 0 Å². The molecule has 18 atom stereocenters. The molecule has 4 fully saturated rings. The predicted octanol–water partition coefficient (Wildman–Crippen LogP) is -43.0. The smallest absolute Gasteiger partial charge is 0.726 e. The van der Waals surface area contributed by atoms with Gasteiger partial charge < -0.3 is 101 Å². The summed E-state index contributed by atoms with van der Waals surface area (Å²) in [6.45, 7) is -13.5. The van der Waals surface area contributed by atoms with E-state index in [4.69, 9.17) is 28.4 Å². The topological polar surface area (TPSA) is 1120 Å². The fourth-order valence-corrected chi connectivity index (χ4v) is 15.2. The fraction of sp³-hybridized carbons (Fsp3) is 1.00. The second-order valence-electron chi connectivity index (χ2n) is 19.0. The molecule has 0 amide bonds. The molecule has 0 saturated carbocycles. The Bertz CT molecular complexity index is 4970. The third kappa shape index (κ3) is 73.9. The molecule has 70 nitrogen and oxygen atoms in total. The van der Waals surface area contributed by atoms with Crippen molar-refractivity contribution in [2.24, 2.45) is 0 Å². The van der Waals surface area contributed by atoms with Crippen LogP contribution in [0.25, 0.3) is 0 Å². The van der Waals surface area contributed by atoms with E-state index < -0.39 is 316 Å². The summed E-state index contributed by atoms with van der Waals surface area (Å²) >= 11 is 0. The maximum absolute atomic E-state index is 11.7. The average Bonchev–Trinajstić information content (AvgIpc) is 1.56. The molecule has 4 aliphatic rings. The Morgan fingerprint density at radius 1 is 0.198 bits per heavy atom. The maximum atomic E-state index is 11.7. The van der Waals surface area contributed by atoms with E-state index in [1.807, 2.05) is 0 Å². The van der Waals surface area contributed by atoms with E-state index in [0.29, 0.717) is 0 Å². The standard InChI is InChI=1S/2C12H22O35S8.8Ag.8K/c2*13-48(14,15)37-1-4-6(43-51(22,23)24)8(45-53(28,29)30)9(46-54(31,32)33)11(40-4)42-12(3-39-50(19,20)21)10(47-55(34,35)36)7(44-52(25,26)27)5(41-12)2-38-49(16,17)18;;;;;;;;;;;;;;;;/h2*4-11H,1-3H2,(H,13,14,15)(H,16,17,18)(H,19,20,21)(H,22,23,24)(H,25,26,27)(H,28,29,30)(H,31,32,33)(H,34,35,36);;;;;;;;;;;;;;;;/q;;16*+1/p-16/t2*4-,5-,6-,7-,8+,9-,10+,11-,12+;;;;;;;;;;;;;;;;/m11................/s1. The largest absolute Gasteiger partial charge is 1.00 e. The summed E-state index contributed by atoms with van der Waals surface area (Å²) in [5, 5.41) is 0. The van der Waals surface area contributed by atoms with Crippen LogP contribution in [0.3, 0.4) is 0 Å². The Labute approximate surface area is 1180 Å². The van der Waals surface area contributed by atoms with Crippen LogP contribution in [0.2, 0.25) is 0 Å². The molecule has 4 heterocycles. The van der Waals surface area contributed by atoms with Gasteiger partial charge in [-0.2, -0.15) is 0 Å². The Kier molecular flexibility index (Phi) is 95.6. The van der Waals surface area contributed by atoms with E-state index in [-0.39, 0.29) is 590 Å².